The van der Waals surface area contributed by atoms with Crippen LogP contribution in [0.2, 0.25) is 0 Å². The third-order valence-corrected chi connectivity index (χ3v) is 3.94. The zero-order chi connectivity index (χ0) is 12.1. The first-order valence-electron chi connectivity index (χ1n) is 7.03. The Hall–Kier alpha value is -0.830. The van der Waals surface area contributed by atoms with Gasteiger partial charge in [0.2, 0.25) is 0 Å². The minimum absolute atomic E-state index is 0.713. The van der Waals surface area contributed by atoms with Crippen LogP contribution in [-0.2, 0) is 6.54 Å². The van der Waals surface area contributed by atoms with Crippen molar-refractivity contribution in [2.24, 2.45) is 5.92 Å². The molecule has 1 N–H and O–H groups in total. The van der Waals surface area contributed by atoms with Gasteiger partial charge in [-0.3, -0.25) is 4.68 Å². The number of hydrogen-bond donors (Lipinski definition) is 1. The molecular weight excluding hydrogens is 210 g/mol. The van der Waals surface area contributed by atoms with Crippen LogP contribution in [0.1, 0.15) is 50.6 Å². The van der Waals surface area contributed by atoms with Crippen LogP contribution in [0.25, 0.3) is 0 Å². The van der Waals surface area contributed by atoms with Crippen molar-refractivity contribution in [2.75, 3.05) is 13.6 Å². The number of aryl methyl sites for hydroxylation is 1. The van der Waals surface area contributed by atoms with Gasteiger partial charge in [-0.05, 0) is 44.8 Å². The summed E-state index contributed by atoms with van der Waals surface area (Å²) in [5, 5.41) is 7.82. The van der Waals surface area contributed by atoms with Gasteiger partial charge in [0, 0.05) is 24.4 Å². The van der Waals surface area contributed by atoms with Crippen molar-refractivity contribution in [3.63, 3.8) is 0 Å². The van der Waals surface area contributed by atoms with Crippen molar-refractivity contribution < 1.29 is 0 Å². The molecule has 0 radical (unpaired) electrons. The summed E-state index contributed by atoms with van der Waals surface area (Å²) in [5.74, 6) is 1.51. The lowest BCUT2D eigenvalue weighted by molar-refractivity contribution is 0.287. The summed E-state index contributed by atoms with van der Waals surface area (Å²) >= 11 is 0. The summed E-state index contributed by atoms with van der Waals surface area (Å²) in [6.45, 7) is 4.42. The Balaban J connectivity index is 2.14. The van der Waals surface area contributed by atoms with Crippen LogP contribution in [-0.4, -0.2) is 23.4 Å². The Labute approximate surface area is 105 Å². The molecule has 1 heterocycles. The Morgan fingerprint density at radius 3 is 3.00 bits per heavy atom. The van der Waals surface area contributed by atoms with E-state index in [-0.39, 0.29) is 0 Å². The van der Waals surface area contributed by atoms with Crippen LogP contribution in [0.15, 0.2) is 12.3 Å². The van der Waals surface area contributed by atoms with Gasteiger partial charge < -0.3 is 5.32 Å². The predicted octanol–water partition coefficient (Wildman–Crippen LogP) is 2.79. The highest BCUT2D eigenvalue weighted by molar-refractivity contribution is 5.11. The molecule has 0 saturated heterocycles. The predicted molar refractivity (Wildman–Crippen MR) is 71.1 cm³/mol. The van der Waals surface area contributed by atoms with Crippen LogP contribution >= 0.6 is 0 Å². The van der Waals surface area contributed by atoms with E-state index in [9.17, 15) is 0 Å². The molecule has 3 heteroatoms. The van der Waals surface area contributed by atoms with E-state index in [1.54, 1.807) is 0 Å². The number of aromatic nitrogens is 2. The molecule has 0 amide bonds. The average molecular weight is 235 g/mol. The van der Waals surface area contributed by atoms with Crippen molar-refractivity contribution in [3.05, 3.63) is 18.0 Å². The normalized spacial score (nSPS) is 25.1. The van der Waals surface area contributed by atoms with Crippen molar-refractivity contribution in [1.29, 1.82) is 0 Å². The zero-order valence-corrected chi connectivity index (χ0v) is 11.2. The van der Waals surface area contributed by atoms with Crippen LogP contribution in [0.5, 0.6) is 0 Å². The summed E-state index contributed by atoms with van der Waals surface area (Å²) in [6, 6.07) is 2.23. The number of nitrogens with one attached hydrogen (secondary N) is 1. The van der Waals surface area contributed by atoms with E-state index in [0.29, 0.717) is 5.92 Å². The molecule has 1 saturated carbocycles. The van der Waals surface area contributed by atoms with Crippen LogP contribution in [0.3, 0.4) is 0 Å². The molecule has 1 fully saturated rings. The van der Waals surface area contributed by atoms with E-state index in [0.717, 1.165) is 25.4 Å². The molecule has 0 aliphatic heterocycles. The molecule has 96 valence electrons. The van der Waals surface area contributed by atoms with Crippen LogP contribution < -0.4 is 5.32 Å². The lowest BCUT2D eigenvalue weighted by atomic mass is 9.77. The Morgan fingerprint density at radius 1 is 1.41 bits per heavy atom. The van der Waals surface area contributed by atoms with E-state index < -0.39 is 0 Å². The number of rotatable bonds is 5. The van der Waals surface area contributed by atoms with Gasteiger partial charge in [-0.1, -0.05) is 19.8 Å². The highest BCUT2D eigenvalue weighted by Gasteiger charge is 2.28. The molecule has 1 aliphatic carbocycles. The van der Waals surface area contributed by atoms with E-state index in [1.165, 1.54) is 31.4 Å². The Kier molecular flexibility index (Phi) is 4.60. The molecule has 1 aromatic heterocycles. The molecule has 1 aromatic rings. The molecule has 1 aliphatic rings. The lowest BCUT2D eigenvalue weighted by Gasteiger charge is -2.31. The maximum absolute atomic E-state index is 4.47. The fourth-order valence-corrected chi connectivity index (χ4v) is 3.16. The second-order valence-electron chi connectivity index (χ2n) is 5.19. The summed E-state index contributed by atoms with van der Waals surface area (Å²) in [5.41, 5.74) is 1.46. The SMILES string of the molecule is CCCn1nccc1C1CCCCC1CNC. The fourth-order valence-electron chi connectivity index (χ4n) is 3.16. The summed E-state index contributed by atoms with van der Waals surface area (Å²) in [6.07, 6.45) is 8.60. The van der Waals surface area contributed by atoms with E-state index in [4.69, 9.17) is 0 Å². The monoisotopic (exact) mass is 235 g/mol. The standard InChI is InChI=1S/C14H25N3/c1-3-10-17-14(8-9-16-17)13-7-5-4-6-12(13)11-15-2/h8-9,12-13,15H,3-7,10-11H2,1-2H3. The first kappa shape index (κ1) is 12.6. The summed E-state index contributed by atoms with van der Waals surface area (Å²) < 4.78 is 2.22. The molecule has 0 spiro atoms. The second kappa shape index (κ2) is 6.20. The van der Waals surface area contributed by atoms with E-state index >= 15 is 0 Å². The van der Waals surface area contributed by atoms with Gasteiger partial charge in [-0.15, -0.1) is 0 Å². The number of nitrogens with zero attached hydrogens (tertiary/aromatic N) is 2. The van der Waals surface area contributed by atoms with Crippen LogP contribution in [0, 0.1) is 5.92 Å². The molecule has 0 aromatic carbocycles. The molecule has 2 atom stereocenters. The van der Waals surface area contributed by atoms with E-state index in [2.05, 4.69) is 35.1 Å². The molecule has 2 rings (SSSR count). The van der Waals surface area contributed by atoms with Gasteiger partial charge in [0.05, 0.1) is 0 Å². The van der Waals surface area contributed by atoms with Crippen molar-refractivity contribution in [3.8, 4) is 0 Å². The third kappa shape index (κ3) is 2.89. The lowest BCUT2D eigenvalue weighted by Crippen LogP contribution is -2.29. The largest absolute Gasteiger partial charge is 0.319 e. The molecule has 17 heavy (non-hydrogen) atoms. The zero-order valence-electron chi connectivity index (χ0n) is 11.2. The van der Waals surface area contributed by atoms with Gasteiger partial charge in [-0.2, -0.15) is 5.10 Å². The molecular formula is C14H25N3. The van der Waals surface area contributed by atoms with Crippen molar-refractivity contribution in [1.82, 2.24) is 15.1 Å². The molecule has 0 bridgehead atoms. The Bertz CT molecular complexity index is 330. The van der Waals surface area contributed by atoms with Crippen molar-refractivity contribution in [2.45, 2.75) is 51.5 Å². The fraction of sp³-hybridized carbons (Fsp3) is 0.786. The highest BCUT2D eigenvalue weighted by Crippen LogP contribution is 2.37. The van der Waals surface area contributed by atoms with Crippen LogP contribution in [0.4, 0.5) is 0 Å². The Morgan fingerprint density at radius 2 is 2.24 bits per heavy atom. The first-order chi connectivity index (χ1) is 8.36. The maximum atomic E-state index is 4.47. The smallest absolute Gasteiger partial charge is 0.0492 e. The van der Waals surface area contributed by atoms with Gasteiger partial charge >= 0.3 is 0 Å². The van der Waals surface area contributed by atoms with Gasteiger partial charge in [-0.25, -0.2) is 0 Å². The molecule has 3 nitrogen and oxygen atoms in total. The summed E-state index contributed by atoms with van der Waals surface area (Å²) in [7, 11) is 2.06. The minimum atomic E-state index is 0.713. The first-order valence-corrected chi connectivity index (χ1v) is 7.03. The minimum Gasteiger partial charge on any atom is -0.319 e. The maximum Gasteiger partial charge on any atom is 0.0492 e. The molecule has 2 unspecified atom stereocenters. The summed E-state index contributed by atoms with van der Waals surface area (Å²) in [4.78, 5) is 0. The topological polar surface area (TPSA) is 29.9 Å². The number of hydrogen-bond acceptors (Lipinski definition) is 2. The quantitative estimate of drug-likeness (QED) is 0.850. The second-order valence-corrected chi connectivity index (χ2v) is 5.19. The van der Waals surface area contributed by atoms with Gasteiger partial charge in [0.25, 0.3) is 0 Å². The third-order valence-electron chi connectivity index (χ3n) is 3.94. The van der Waals surface area contributed by atoms with E-state index in [1.807, 2.05) is 6.20 Å². The van der Waals surface area contributed by atoms with Gasteiger partial charge in [0.1, 0.15) is 0 Å². The van der Waals surface area contributed by atoms with Gasteiger partial charge in [0.15, 0.2) is 0 Å². The average Bonchev–Trinajstić information content (AvgIpc) is 2.79. The van der Waals surface area contributed by atoms with Crippen molar-refractivity contribution >= 4 is 0 Å². The highest BCUT2D eigenvalue weighted by atomic mass is 15.3.